The molecule has 2 nitrogen and oxygen atoms in total. The minimum atomic E-state index is -4.34. The van der Waals surface area contributed by atoms with Gasteiger partial charge in [0, 0.05) is 11.3 Å². The number of carbonyl (C=O) groups excluding carboxylic acids is 1. The number of aryl methyl sites for hydroxylation is 1. The van der Waals surface area contributed by atoms with Gasteiger partial charge in [-0.1, -0.05) is 18.2 Å². The van der Waals surface area contributed by atoms with E-state index in [1.807, 2.05) is 17.5 Å². The molecule has 0 saturated heterocycles. The Bertz CT molecular complexity index is 620. The van der Waals surface area contributed by atoms with Crippen LogP contribution < -0.4 is 5.32 Å². The second kappa shape index (κ2) is 7.64. The van der Waals surface area contributed by atoms with E-state index in [9.17, 15) is 18.0 Å². The van der Waals surface area contributed by atoms with E-state index in [-0.39, 0.29) is 11.9 Å². The SMILES string of the molecule is C[C@H](NC(=O)CCCc1cccs1)c1ccc(C(F)(F)F)cc1. The topological polar surface area (TPSA) is 29.1 Å². The lowest BCUT2D eigenvalue weighted by atomic mass is 10.1. The zero-order valence-corrected chi connectivity index (χ0v) is 13.5. The highest BCUT2D eigenvalue weighted by Gasteiger charge is 2.30. The van der Waals surface area contributed by atoms with Crippen molar-refractivity contribution in [1.82, 2.24) is 5.32 Å². The minimum Gasteiger partial charge on any atom is -0.350 e. The highest BCUT2D eigenvalue weighted by molar-refractivity contribution is 7.09. The summed E-state index contributed by atoms with van der Waals surface area (Å²) in [5.41, 5.74) is -0.0275. The molecule has 0 radical (unpaired) electrons. The molecular weight excluding hydrogens is 323 g/mol. The van der Waals surface area contributed by atoms with Crippen LogP contribution in [-0.4, -0.2) is 5.91 Å². The van der Waals surface area contributed by atoms with Gasteiger partial charge in [0.15, 0.2) is 0 Å². The lowest BCUT2D eigenvalue weighted by Gasteiger charge is -2.15. The van der Waals surface area contributed by atoms with Crippen LogP contribution in [0.3, 0.4) is 0 Å². The first-order chi connectivity index (χ1) is 10.9. The van der Waals surface area contributed by atoms with E-state index in [4.69, 9.17) is 0 Å². The molecule has 1 atom stereocenters. The summed E-state index contributed by atoms with van der Waals surface area (Å²) in [6.07, 6.45) is -2.32. The summed E-state index contributed by atoms with van der Waals surface area (Å²) >= 11 is 1.67. The molecule has 0 aliphatic rings. The van der Waals surface area contributed by atoms with Crippen LogP contribution in [0.25, 0.3) is 0 Å². The van der Waals surface area contributed by atoms with Crippen LogP contribution in [-0.2, 0) is 17.4 Å². The molecule has 0 saturated carbocycles. The van der Waals surface area contributed by atoms with Crippen molar-refractivity contribution in [3.8, 4) is 0 Å². The van der Waals surface area contributed by atoms with Gasteiger partial charge in [-0.3, -0.25) is 4.79 Å². The second-order valence-electron chi connectivity index (χ2n) is 5.34. The summed E-state index contributed by atoms with van der Waals surface area (Å²) in [6.45, 7) is 1.76. The maximum Gasteiger partial charge on any atom is 0.416 e. The Balaban J connectivity index is 1.81. The van der Waals surface area contributed by atoms with E-state index in [2.05, 4.69) is 5.32 Å². The Labute approximate surface area is 137 Å². The fraction of sp³-hybridized carbons (Fsp3) is 0.353. The second-order valence-corrected chi connectivity index (χ2v) is 6.37. The van der Waals surface area contributed by atoms with Crippen LogP contribution in [0.5, 0.6) is 0 Å². The number of rotatable bonds is 6. The highest BCUT2D eigenvalue weighted by atomic mass is 32.1. The van der Waals surface area contributed by atoms with Crippen LogP contribution >= 0.6 is 11.3 Å². The molecule has 0 aliphatic heterocycles. The van der Waals surface area contributed by atoms with Crippen molar-refractivity contribution in [1.29, 1.82) is 0 Å². The van der Waals surface area contributed by atoms with Gasteiger partial charge < -0.3 is 5.32 Å². The van der Waals surface area contributed by atoms with E-state index in [1.54, 1.807) is 18.3 Å². The largest absolute Gasteiger partial charge is 0.416 e. The monoisotopic (exact) mass is 341 g/mol. The summed E-state index contributed by atoms with van der Waals surface area (Å²) in [5, 5.41) is 4.82. The molecule has 1 amide bonds. The van der Waals surface area contributed by atoms with E-state index in [1.165, 1.54) is 17.0 Å². The number of halogens is 3. The summed E-state index contributed by atoms with van der Waals surface area (Å²) in [6, 6.07) is 8.58. The Kier molecular flexibility index (Phi) is 5.82. The third-order valence-electron chi connectivity index (χ3n) is 3.52. The first-order valence-corrected chi connectivity index (χ1v) is 8.23. The maximum atomic E-state index is 12.5. The molecule has 2 rings (SSSR count). The maximum absolute atomic E-state index is 12.5. The van der Waals surface area contributed by atoms with Crippen LogP contribution in [0.1, 0.15) is 41.8 Å². The van der Waals surface area contributed by atoms with Crippen molar-refractivity contribution < 1.29 is 18.0 Å². The van der Waals surface area contributed by atoms with Crippen molar-refractivity contribution in [3.63, 3.8) is 0 Å². The van der Waals surface area contributed by atoms with Gasteiger partial charge in [-0.05, 0) is 48.9 Å². The van der Waals surface area contributed by atoms with E-state index >= 15 is 0 Å². The zero-order valence-electron chi connectivity index (χ0n) is 12.7. The van der Waals surface area contributed by atoms with Gasteiger partial charge in [-0.15, -0.1) is 11.3 Å². The molecule has 6 heteroatoms. The average Bonchev–Trinajstić information content (AvgIpc) is 2.99. The summed E-state index contributed by atoms with van der Waals surface area (Å²) < 4.78 is 37.6. The summed E-state index contributed by atoms with van der Waals surface area (Å²) in [4.78, 5) is 13.1. The van der Waals surface area contributed by atoms with Crippen molar-refractivity contribution in [2.75, 3.05) is 0 Å². The van der Waals surface area contributed by atoms with Crippen LogP contribution in [0.15, 0.2) is 41.8 Å². The molecule has 2 aromatic rings. The van der Waals surface area contributed by atoms with Crippen molar-refractivity contribution in [2.45, 2.75) is 38.4 Å². The van der Waals surface area contributed by atoms with Crippen molar-refractivity contribution in [3.05, 3.63) is 57.8 Å². The molecule has 124 valence electrons. The number of benzene rings is 1. The summed E-state index contributed by atoms with van der Waals surface area (Å²) in [5.74, 6) is -0.0889. The van der Waals surface area contributed by atoms with Gasteiger partial charge in [0.1, 0.15) is 0 Å². The lowest BCUT2D eigenvalue weighted by molar-refractivity contribution is -0.137. The summed E-state index contributed by atoms with van der Waals surface area (Å²) in [7, 11) is 0. The lowest BCUT2D eigenvalue weighted by Crippen LogP contribution is -2.26. The third kappa shape index (κ3) is 5.39. The van der Waals surface area contributed by atoms with Gasteiger partial charge in [0.05, 0.1) is 11.6 Å². The van der Waals surface area contributed by atoms with Gasteiger partial charge in [0.2, 0.25) is 5.91 Å². The Morgan fingerprint density at radius 3 is 2.48 bits per heavy atom. The number of carbonyl (C=O) groups is 1. The molecular formula is C17H18F3NOS. The zero-order chi connectivity index (χ0) is 16.9. The Hall–Kier alpha value is -1.82. The molecule has 1 aromatic heterocycles. The fourth-order valence-electron chi connectivity index (χ4n) is 2.24. The Morgan fingerprint density at radius 1 is 1.22 bits per heavy atom. The quantitative estimate of drug-likeness (QED) is 0.790. The number of thiophene rings is 1. The molecule has 0 spiro atoms. The van der Waals surface area contributed by atoms with Crippen molar-refractivity contribution in [2.24, 2.45) is 0 Å². The first-order valence-electron chi connectivity index (χ1n) is 7.35. The molecule has 0 aliphatic carbocycles. The van der Waals surface area contributed by atoms with Crippen molar-refractivity contribution >= 4 is 17.2 Å². The molecule has 1 aromatic carbocycles. The standard InChI is InChI=1S/C17H18F3NOS/c1-12(13-7-9-14(10-8-13)17(18,19)20)21-16(22)6-2-4-15-5-3-11-23-15/h3,5,7-12H,2,4,6H2,1H3,(H,21,22)/t12-/m0/s1. The number of nitrogens with one attached hydrogen (secondary N) is 1. The highest BCUT2D eigenvalue weighted by Crippen LogP contribution is 2.29. The molecule has 1 N–H and O–H groups in total. The van der Waals surface area contributed by atoms with Crippen LogP contribution in [0.4, 0.5) is 13.2 Å². The third-order valence-corrected chi connectivity index (χ3v) is 4.46. The normalized spacial score (nSPS) is 12.9. The van der Waals surface area contributed by atoms with Gasteiger partial charge in [-0.2, -0.15) is 13.2 Å². The van der Waals surface area contributed by atoms with Gasteiger partial charge in [-0.25, -0.2) is 0 Å². The molecule has 23 heavy (non-hydrogen) atoms. The number of hydrogen-bond donors (Lipinski definition) is 1. The van der Waals surface area contributed by atoms with Gasteiger partial charge in [0.25, 0.3) is 0 Å². The number of amides is 1. The number of hydrogen-bond acceptors (Lipinski definition) is 2. The first kappa shape index (κ1) is 17.5. The molecule has 0 bridgehead atoms. The van der Waals surface area contributed by atoms with Crippen LogP contribution in [0, 0.1) is 0 Å². The number of alkyl halides is 3. The molecule has 0 unspecified atom stereocenters. The van der Waals surface area contributed by atoms with E-state index < -0.39 is 11.7 Å². The van der Waals surface area contributed by atoms with Crippen LogP contribution in [0.2, 0.25) is 0 Å². The average molecular weight is 341 g/mol. The van der Waals surface area contributed by atoms with Gasteiger partial charge >= 0.3 is 6.18 Å². The van der Waals surface area contributed by atoms with E-state index in [0.717, 1.165) is 25.0 Å². The predicted octanol–water partition coefficient (Wildman–Crippen LogP) is 4.97. The minimum absolute atomic E-state index is 0.0889. The molecule has 0 fully saturated rings. The smallest absolute Gasteiger partial charge is 0.350 e. The molecule has 1 heterocycles. The predicted molar refractivity (Wildman–Crippen MR) is 85.3 cm³/mol. The van der Waals surface area contributed by atoms with E-state index in [0.29, 0.717) is 12.0 Å². The fourth-order valence-corrected chi connectivity index (χ4v) is 2.99. The Morgan fingerprint density at radius 2 is 1.91 bits per heavy atom.